The summed E-state index contributed by atoms with van der Waals surface area (Å²) in [6.45, 7) is 4.86. The molecule has 6 nitrogen and oxygen atoms in total. The SMILES string of the molecule is CCNC(=NCCc1ccc(OC(F)(F)F)cc1)NC(C)CCS(C)(=O)=O. The second kappa shape index (κ2) is 10.4. The van der Waals surface area contributed by atoms with Gasteiger partial charge in [0.15, 0.2) is 5.96 Å². The Bertz CT molecular complexity index is 704. The summed E-state index contributed by atoms with van der Waals surface area (Å²) in [6.07, 6.45) is -2.50. The molecule has 0 radical (unpaired) electrons. The van der Waals surface area contributed by atoms with Crippen LogP contribution in [0.3, 0.4) is 0 Å². The lowest BCUT2D eigenvalue weighted by Crippen LogP contribution is -2.43. The van der Waals surface area contributed by atoms with Crippen molar-refractivity contribution in [1.29, 1.82) is 0 Å². The predicted molar refractivity (Wildman–Crippen MR) is 99.7 cm³/mol. The summed E-state index contributed by atoms with van der Waals surface area (Å²) >= 11 is 0. The van der Waals surface area contributed by atoms with Gasteiger partial charge in [0.1, 0.15) is 15.6 Å². The standard InChI is InChI=1S/C17H26F3N3O3S/c1-4-21-16(23-13(2)10-12-27(3,24)25)22-11-9-14-5-7-15(8-6-14)26-17(18,19)20/h5-8,13H,4,9-12H2,1-3H3,(H2,21,22,23). The third kappa shape index (κ3) is 11.4. The minimum absolute atomic E-state index is 0.0728. The molecule has 27 heavy (non-hydrogen) atoms. The molecule has 0 amide bonds. The van der Waals surface area contributed by atoms with Gasteiger partial charge < -0.3 is 15.4 Å². The molecular formula is C17H26F3N3O3S. The Morgan fingerprint density at radius 3 is 2.41 bits per heavy atom. The van der Waals surface area contributed by atoms with Crippen molar-refractivity contribution in [2.75, 3.05) is 25.1 Å². The van der Waals surface area contributed by atoms with Crippen molar-refractivity contribution >= 4 is 15.8 Å². The van der Waals surface area contributed by atoms with E-state index in [9.17, 15) is 21.6 Å². The van der Waals surface area contributed by atoms with Crippen LogP contribution < -0.4 is 15.4 Å². The fourth-order valence-corrected chi connectivity index (χ4v) is 2.95. The Labute approximate surface area is 158 Å². The molecule has 1 aromatic carbocycles. The van der Waals surface area contributed by atoms with Crippen LogP contribution >= 0.6 is 0 Å². The molecule has 2 N–H and O–H groups in total. The lowest BCUT2D eigenvalue weighted by molar-refractivity contribution is -0.274. The molecule has 0 aromatic heterocycles. The zero-order valence-corrected chi connectivity index (χ0v) is 16.5. The smallest absolute Gasteiger partial charge is 0.406 e. The number of halogens is 3. The number of sulfone groups is 1. The molecule has 0 fully saturated rings. The minimum Gasteiger partial charge on any atom is -0.406 e. The predicted octanol–water partition coefficient (Wildman–Crippen LogP) is 2.51. The Balaban J connectivity index is 2.55. The first-order chi connectivity index (χ1) is 12.5. The molecule has 1 aromatic rings. The molecule has 0 heterocycles. The van der Waals surface area contributed by atoms with Gasteiger partial charge in [-0.2, -0.15) is 0 Å². The van der Waals surface area contributed by atoms with Crippen molar-refractivity contribution in [2.45, 2.75) is 39.1 Å². The minimum atomic E-state index is -4.70. The zero-order chi connectivity index (χ0) is 20.5. The van der Waals surface area contributed by atoms with Gasteiger partial charge >= 0.3 is 6.36 Å². The van der Waals surface area contributed by atoms with Crippen molar-refractivity contribution in [3.8, 4) is 5.75 Å². The first kappa shape index (κ1) is 23.1. The molecule has 0 saturated heterocycles. The van der Waals surface area contributed by atoms with Gasteiger partial charge in [0.2, 0.25) is 0 Å². The maximum absolute atomic E-state index is 12.1. The van der Waals surface area contributed by atoms with Gasteiger partial charge in [-0.05, 0) is 44.4 Å². The van der Waals surface area contributed by atoms with E-state index in [-0.39, 0.29) is 17.5 Å². The van der Waals surface area contributed by atoms with E-state index < -0.39 is 16.2 Å². The summed E-state index contributed by atoms with van der Waals surface area (Å²) in [4.78, 5) is 4.41. The largest absolute Gasteiger partial charge is 0.573 e. The van der Waals surface area contributed by atoms with E-state index in [0.717, 1.165) is 5.56 Å². The van der Waals surface area contributed by atoms with E-state index in [1.807, 2.05) is 13.8 Å². The topological polar surface area (TPSA) is 79.8 Å². The number of benzene rings is 1. The van der Waals surface area contributed by atoms with Gasteiger partial charge in [0.25, 0.3) is 0 Å². The van der Waals surface area contributed by atoms with Gasteiger partial charge in [0.05, 0.1) is 5.75 Å². The highest BCUT2D eigenvalue weighted by Gasteiger charge is 2.30. The van der Waals surface area contributed by atoms with Gasteiger partial charge in [-0.15, -0.1) is 13.2 Å². The monoisotopic (exact) mass is 409 g/mol. The number of guanidine groups is 1. The summed E-state index contributed by atoms with van der Waals surface area (Å²) < 4.78 is 62.7. The van der Waals surface area contributed by atoms with Crippen LogP contribution in [0, 0.1) is 0 Å². The summed E-state index contributed by atoms with van der Waals surface area (Å²) in [5.41, 5.74) is 0.828. The van der Waals surface area contributed by atoms with E-state index in [2.05, 4.69) is 20.4 Å². The number of nitrogens with zero attached hydrogens (tertiary/aromatic N) is 1. The molecule has 0 saturated carbocycles. The summed E-state index contributed by atoms with van der Waals surface area (Å²) in [5, 5.41) is 6.22. The molecule has 0 aliphatic rings. The van der Waals surface area contributed by atoms with Crippen LogP contribution in [0.1, 0.15) is 25.8 Å². The lowest BCUT2D eigenvalue weighted by Gasteiger charge is -2.17. The van der Waals surface area contributed by atoms with Crippen LogP contribution in [0.2, 0.25) is 0 Å². The van der Waals surface area contributed by atoms with E-state index >= 15 is 0 Å². The van der Waals surface area contributed by atoms with Gasteiger partial charge in [-0.3, -0.25) is 4.99 Å². The first-order valence-corrected chi connectivity index (χ1v) is 10.6. The number of rotatable bonds is 9. The van der Waals surface area contributed by atoms with E-state index in [1.54, 1.807) is 12.1 Å². The van der Waals surface area contributed by atoms with Crippen LogP contribution in [0.25, 0.3) is 0 Å². The summed E-state index contributed by atoms with van der Waals surface area (Å²) in [6, 6.07) is 5.58. The second-order valence-corrected chi connectivity index (χ2v) is 8.43. The fourth-order valence-electron chi connectivity index (χ4n) is 2.17. The Morgan fingerprint density at radius 2 is 1.89 bits per heavy atom. The Hall–Kier alpha value is -1.97. The third-order valence-corrected chi connectivity index (χ3v) is 4.45. The molecule has 0 spiro atoms. The second-order valence-electron chi connectivity index (χ2n) is 6.17. The molecule has 154 valence electrons. The van der Waals surface area contributed by atoms with E-state index in [1.165, 1.54) is 18.4 Å². The average Bonchev–Trinajstić information content (AvgIpc) is 2.53. The number of alkyl halides is 3. The first-order valence-electron chi connectivity index (χ1n) is 8.56. The van der Waals surface area contributed by atoms with Gasteiger partial charge in [-0.1, -0.05) is 12.1 Å². The quantitative estimate of drug-likeness (QED) is 0.484. The van der Waals surface area contributed by atoms with Crippen LogP contribution in [-0.2, 0) is 16.3 Å². The maximum Gasteiger partial charge on any atom is 0.573 e. The molecular weight excluding hydrogens is 383 g/mol. The number of ether oxygens (including phenoxy) is 1. The van der Waals surface area contributed by atoms with Crippen LogP contribution in [0.15, 0.2) is 29.3 Å². The van der Waals surface area contributed by atoms with Crippen LogP contribution in [-0.4, -0.2) is 51.9 Å². The van der Waals surface area contributed by atoms with E-state index in [0.29, 0.717) is 31.9 Å². The highest BCUT2D eigenvalue weighted by molar-refractivity contribution is 7.90. The van der Waals surface area contributed by atoms with Crippen molar-refractivity contribution in [3.05, 3.63) is 29.8 Å². The molecule has 0 aliphatic carbocycles. The summed E-state index contributed by atoms with van der Waals surface area (Å²) in [5.74, 6) is 0.396. The number of aliphatic imine (C=N–C) groups is 1. The Kier molecular flexibility index (Phi) is 8.87. The van der Waals surface area contributed by atoms with E-state index in [4.69, 9.17) is 0 Å². The fraction of sp³-hybridized carbons (Fsp3) is 0.588. The van der Waals surface area contributed by atoms with Crippen LogP contribution in [0.5, 0.6) is 5.75 Å². The van der Waals surface area contributed by atoms with Crippen molar-refractivity contribution in [2.24, 2.45) is 4.99 Å². The average molecular weight is 409 g/mol. The van der Waals surface area contributed by atoms with Crippen LogP contribution in [0.4, 0.5) is 13.2 Å². The van der Waals surface area contributed by atoms with Gasteiger partial charge in [0, 0.05) is 25.4 Å². The highest BCUT2D eigenvalue weighted by atomic mass is 32.2. The highest BCUT2D eigenvalue weighted by Crippen LogP contribution is 2.22. The van der Waals surface area contributed by atoms with Crippen molar-refractivity contribution in [1.82, 2.24) is 10.6 Å². The number of hydrogen-bond donors (Lipinski definition) is 2. The van der Waals surface area contributed by atoms with Crippen molar-refractivity contribution < 1.29 is 26.3 Å². The Morgan fingerprint density at radius 1 is 1.26 bits per heavy atom. The lowest BCUT2D eigenvalue weighted by atomic mass is 10.1. The number of hydrogen-bond acceptors (Lipinski definition) is 4. The van der Waals surface area contributed by atoms with Gasteiger partial charge in [-0.25, -0.2) is 8.42 Å². The number of nitrogens with one attached hydrogen (secondary N) is 2. The van der Waals surface area contributed by atoms with Crippen molar-refractivity contribution in [3.63, 3.8) is 0 Å². The summed E-state index contributed by atoms with van der Waals surface area (Å²) in [7, 11) is -3.02. The third-order valence-electron chi connectivity index (χ3n) is 3.48. The molecule has 10 heteroatoms. The zero-order valence-electron chi connectivity index (χ0n) is 15.6. The molecule has 0 bridgehead atoms. The molecule has 0 aliphatic heterocycles. The maximum atomic E-state index is 12.1. The molecule has 1 atom stereocenters. The molecule has 1 rings (SSSR count). The molecule has 1 unspecified atom stereocenters. The normalized spacial score (nSPS) is 13.9.